The van der Waals surface area contributed by atoms with E-state index in [9.17, 15) is 18.0 Å². The summed E-state index contributed by atoms with van der Waals surface area (Å²) < 4.78 is 29.9. The lowest BCUT2D eigenvalue weighted by Gasteiger charge is -2.08. The molecule has 9 heteroatoms. The van der Waals surface area contributed by atoms with Crippen LogP contribution in [0.25, 0.3) is 11.0 Å². The Kier molecular flexibility index (Phi) is 7.07. The second-order valence-electron chi connectivity index (χ2n) is 6.89. The van der Waals surface area contributed by atoms with Gasteiger partial charge in [0.2, 0.25) is 15.9 Å². The summed E-state index contributed by atoms with van der Waals surface area (Å²) in [6, 6.07) is 16.7. The van der Waals surface area contributed by atoms with Crippen molar-refractivity contribution in [2.75, 3.05) is 12.3 Å². The number of nitrogens with zero attached hydrogens (tertiary/aromatic N) is 2. The zero-order chi connectivity index (χ0) is 21.6. The Bertz CT molecular complexity index is 1170. The molecule has 30 heavy (non-hydrogen) atoms. The largest absolute Gasteiger partial charge is 0.355 e. The molecule has 3 aromatic rings. The zero-order valence-corrected chi connectivity index (χ0v) is 17.7. The first-order valence-corrected chi connectivity index (χ1v) is 11.5. The van der Waals surface area contributed by atoms with Gasteiger partial charge in [0.15, 0.2) is 0 Å². The van der Waals surface area contributed by atoms with Gasteiger partial charge in [-0.05, 0) is 24.6 Å². The third-order valence-electron chi connectivity index (χ3n) is 4.84. The lowest BCUT2D eigenvalue weighted by atomic mass is 10.2. The number of fused-ring (bicyclic) bond motifs is 1. The molecule has 1 aromatic heterocycles. The van der Waals surface area contributed by atoms with Gasteiger partial charge in [-0.25, -0.2) is 17.9 Å². The highest BCUT2D eigenvalue weighted by Crippen LogP contribution is 2.13. The Morgan fingerprint density at radius 2 is 1.60 bits per heavy atom. The average Bonchev–Trinajstić information content (AvgIpc) is 3.02. The van der Waals surface area contributed by atoms with Gasteiger partial charge in [-0.3, -0.25) is 13.9 Å². The maximum absolute atomic E-state index is 12.6. The number of benzene rings is 2. The molecule has 0 unspecified atom stereocenters. The highest BCUT2D eigenvalue weighted by Gasteiger charge is 2.14. The molecule has 2 N–H and O–H groups in total. The molecule has 0 bridgehead atoms. The summed E-state index contributed by atoms with van der Waals surface area (Å²) in [6.07, 6.45) is 0.0924. The molecule has 0 aliphatic rings. The van der Waals surface area contributed by atoms with E-state index in [1.807, 2.05) is 61.5 Å². The van der Waals surface area contributed by atoms with Crippen LogP contribution in [0.4, 0.5) is 0 Å². The van der Waals surface area contributed by atoms with E-state index in [0.29, 0.717) is 6.54 Å². The quantitative estimate of drug-likeness (QED) is 0.508. The zero-order valence-electron chi connectivity index (χ0n) is 16.9. The van der Waals surface area contributed by atoms with Crippen LogP contribution in [-0.4, -0.2) is 35.8 Å². The molecule has 3 rings (SSSR count). The van der Waals surface area contributed by atoms with Crippen molar-refractivity contribution in [1.29, 1.82) is 0 Å². The van der Waals surface area contributed by atoms with Crippen molar-refractivity contribution < 1.29 is 13.2 Å². The molecule has 160 valence electrons. The average molecular weight is 431 g/mol. The Hall–Kier alpha value is -2.91. The van der Waals surface area contributed by atoms with Crippen molar-refractivity contribution in [3.8, 4) is 0 Å². The number of aryl methyl sites for hydroxylation is 2. The van der Waals surface area contributed by atoms with Crippen molar-refractivity contribution in [3.05, 3.63) is 70.6 Å². The minimum atomic E-state index is -3.50. The normalized spacial score (nSPS) is 11.6. The summed E-state index contributed by atoms with van der Waals surface area (Å²) >= 11 is 0. The first-order chi connectivity index (χ1) is 14.4. The number of sulfonamides is 1. The van der Waals surface area contributed by atoms with Crippen molar-refractivity contribution in [2.45, 2.75) is 33.0 Å². The predicted molar refractivity (Wildman–Crippen MR) is 117 cm³/mol. The van der Waals surface area contributed by atoms with Crippen LogP contribution >= 0.6 is 0 Å². The fourth-order valence-corrected chi connectivity index (χ4v) is 4.18. The number of carbonyl (C=O) groups excluding carboxylic acids is 1. The smallest absolute Gasteiger partial charge is 0.329 e. The second-order valence-corrected chi connectivity index (χ2v) is 8.82. The minimum Gasteiger partial charge on any atom is -0.355 e. The van der Waals surface area contributed by atoms with Crippen LogP contribution in [0.5, 0.6) is 0 Å². The van der Waals surface area contributed by atoms with Gasteiger partial charge >= 0.3 is 5.69 Å². The van der Waals surface area contributed by atoms with Gasteiger partial charge in [0.05, 0.1) is 16.8 Å². The van der Waals surface area contributed by atoms with E-state index in [0.717, 1.165) is 16.6 Å². The summed E-state index contributed by atoms with van der Waals surface area (Å²) in [4.78, 5) is 24.7. The summed E-state index contributed by atoms with van der Waals surface area (Å²) in [5.74, 6) is -0.505. The maximum atomic E-state index is 12.6. The number of imidazole rings is 1. The second kappa shape index (κ2) is 9.73. The van der Waals surface area contributed by atoms with Crippen LogP contribution in [0.15, 0.2) is 59.4 Å². The van der Waals surface area contributed by atoms with Crippen LogP contribution < -0.4 is 15.7 Å². The van der Waals surface area contributed by atoms with E-state index < -0.39 is 10.0 Å². The molecular weight excluding hydrogens is 404 g/mol. The van der Waals surface area contributed by atoms with E-state index in [4.69, 9.17) is 0 Å². The fourth-order valence-electron chi connectivity index (χ4n) is 3.28. The van der Waals surface area contributed by atoms with Gasteiger partial charge in [-0.15, -0.1) is 0 Å². The summed E-state index contributed by atoms with van der Waals surface area (Å²) in [6.45, 7) is 2.90. The highest BCUT2D eigenvalue weighted by molar-refractivity contribution is 7.89. The fraction of sp³-hybridized carbons (Fsp3) is 0.333. The number of para-hydroxylation sites is 2. The third-order valence-corrected chi connectivity index (χ3v) is 6.16. The topological polar surface area (TPSA) is 102 Å². The lowest BCUT2D eigenvalue weighted by molar-refractivity contribution is -0.121. The molecule has 8 nitrogen and oxygen atoms in total. The van der Waals surface area contributed by atoms with E-state index >= 15 is 0 Å². The van der Waals surface area contributed by atoms with E-state index in [2.05, 4.69) is 10.0 Å². The van der Waals surface area contributed by atoms with Crippen LogP contribution in [0.2, 0.25) is 0 Å². The van der Waals surface area contributed by atoms with Crippen molar-refractivity contribution in [1.82, 2.24) is 19.2 Å². The lowest BCUT2D eigenvalue weighted by Crippen LogP contribution is -2.35. The Balaban J connectivity index is 1.49. The highest BCUT2D eigenvalue weighted by atomic mass is 32.2. The molecule has 2 aromatic carbocycles. The molecule has 0 saturated heterocycles. The Labute approximate surface area is 175 Å². The van der Waals surface area contributed by atoms with Gasteiger partial charge in [0, 0.05) is 32.6 Å². The van der Waals surface area contributed by atoms with Crippen molar-refractivity contribution in [2.24, 2.45) is 0 Å². The van der Waals surface area contributed by atoms with Gasteiger partial charge in [0.1, 0.15) is 0 Å². The van der Waals surface area contributed by atoms with Gasteiger partial charge < -0.3 is 5.32 Å². The van der Waals surface area contributed by atoms with Crippen LogP contribution in [0.3, 0.4) is 0 Å². The molecule has 0 spiro atoms. The van der Waals surface area contributed by atoms with E-state index in [1.54, 1.807) is 9.13 Å². The summed E-state index contributed by atoms with van der Waals surface area (Å²) in [5, 5.41) is 2.62. The van der Waals surface area contributed by atoms with Crippen molar-refractivity contribution >= 4 is 27.0 Å². The van der Waals surface area contributed by atoms with E-state index in [1.165, 1.54) is 0 Å². The number of aromatic nitrogens is 2. The standard InChI is InChI=1S/C21H26N4O4S/c1-2-24-18-10-6-7-11-19(18)25(21(24)27)14-12-20(26)22-13-15-30(28,29)23-16-17-8-4-3-5-9-17/h3-11,23H,2,12-16H2,1H3,(H,22,26). The van der Waals surface area contributed by atoms with Crippen LogP contribution in [-0.2, 0) is 34.5 Å². The molecule has 0 aliphatic carbocycles. The first-order valence-electron chi connectivity index (χ1n) is 9.87. The number of hydrogen-bond donors (Lipinski definition) is 2. The number of carbonyl (C=O) groups is 1. The molecular formula is C21H26N4O4S. The van der Waals surface area contributed by atoms with Gasteiger partial charge in [-0.2, -0.15) is 0 Å². The summed E-state index contributed by atoms with van der Waals surface area (Å²) in [7, 11) is -3.50. The monoisotopic (exact) mass is 430 g/mol. The van der Waals surface area contributed by atoms with Crippen LogP contribution in [0, 0.1) is 0 Å². The molecule has 0 fully saturated rings. The van der Waals surface area contributed by atoms with Gasteiger partial charge in [-0.1, -0.05) is 42.5 Å². The molecule has 0 radical (unpaired) electrons. The Morgan fingerprint density at radius 1 is 0.967 bits per heavy atom. The molecule has 1 heterocycles. The molecule has 0 saturated carbocycles. The summed E-state index contributed by atoms with van der Waals surface area (Å²) in [5.41, 5.74) is 2.33. The first kappa shape index (κ1) is 21.8. The minimum absolute atomic E-state index is 0.00851. The third kappa shape index (κ3) is 5.37. The predicted octanol–water partition coefficient (Wildman–Crippen LogP) is 1.45. The van der Waals surface area contributed by atoms with Crippen LogP contribution in [0.1, 0.15) is 18.9 Å². The number of rotatable bonds is 10. The number of hydrogen-bond acceptors (Lipinski definition) is 4. The van der Waals surface area contributed by atoms with Crippen molar-refractivity contribution in [3.63, 3.8) is 0 Å². The molecule has 0 atom stereocenters. The number of nitrogens with one attached hydrogen (secondary N) is 2. The molecule has 1 amide bonds. The maximum Gasteiger partial charge on any atom is 0.329 e. The number of amides is 1. The SMILES string of the molecule is CCn1c(=O)n(CCC(=O)NCCS(=O)(=O)NCc2ccccc2)c2ccccc21. The van der Waals surface area contributed by atoms with E-state index in [-0.39, 0.29) is 43.4 Å². The molecule has 0 aliphatic heterocycles. The Morgan fingerprint density at radius 3 is 2.27 bits per heavy atom. The van der Waals surface area contributed by atoms with Gasteiger partial charge in [0.25, 0.3) is 0 Å².